The third-order valence-corrected chi connectivity index (χ3v) is 5.57. The van der Waals surface area contributed by atoms with Gasteiger partial charge in [-0.05, 0) is 42.8 Å². The zero-order valence-electron chi connectivity index (χ0n) is 17.9. The van der Waals surface area contributed by atoms with Crippen molar-refractivity contribution in [3.63, 3.8) is 0 Å². The van der Waals surface area contributed by atoms with Crippen LogP contribution in [0.3, 0.4) is 0 Å². The Kier molecular flexibility index (Phi) is 5.03. The maximum atomic E-state index is 10.6. The van der Waals surface area contributed by atoms with E-state index in [1.165, 1.54) is 4.68 Å². The minimum atomic E-state index is 0.0628. The number of rotatable bonds is 5. The normalized spacial score (nSPS) is 14.1. The highest BCUT2D eigenvalue weighted by Gasteiger charge is 2.38. The van der Waals surface area contributed by atoms with Crippen LogP contribution in [-0.2, 0) is 6.54 Å². The van der Waals surface area contributed by atoms with Gasteiger partial charge in [-0.3, -0.25) is 0 Å². The van der Waals surface area contributed by atoms with Crippen LogP contribution in [0.25, 0.3) is 11.3 Å². The highest BCUT2D eigenvalue weighted by atomic mass is 16.5. The van der Waals surface area contributed by atoms with Crippen molar-refractivity contribution in [3.05, 3.63) is 102 Å². The summed E-state index contributed by atoms with van der Waals surface area (Å²) in [7, 11) is 1.66. The van der Waals surface area contributed by atoms with Crippen molar-refractivity contribution in [1.29, 1.82) is 0 Å². The Hall–Kier alpha value is -4.19. The van der Waals surface area contributed by atoms with E-state index in [0.29, 0.717) is 12.2 Å². The lowest BCUT2D eigenvalue weighted by molar-refractivity contribution is -0.577. The fraction of sp³-hybridized carbons (Fsp3) is 0.115. The van der Waals surface area contributed by atoms with Gasteiger partial charge in [0.25, 0.3) is 0 Å². The average Bonchev–Trinajstić information content (AvgIpc) is 3.37. The topological polar surface area (TPSA) is 63.5 Å². The molecule has 1 aliphatic heterocycles. The SMILES string of the molecule is CCn1ncc(/N=C2\C(c3ccccc3)=C(c3ccc(OC)cc3)[n+]3ccccc32)c1O. The van der Waals surface area contributed by atoms with Gasteiger partial charge in [0.15, 0.2) is 11.9 Å². The Morgan fingerprint density at radius 1 is 0.969 bits per heavy atom. The molecule has 32 heavy (non-hydrogen) atoms. The molecule has 0 atom stereocenters. The number of benzene rings is 2. The summed E-state index contributed by atoms with van der Waals surface area (Å²) in [6.07, 6.45) is 3.64. The average molecular weight is 423 g/mol. The van der Waals surface area contributed by atoms with Gasteiger partial charge < -0.3 is 9.84 Å². The van der Waals surface area contributed by atoms with Crippen LogP contribution in [0.5, 0.6) is 11.6 Å². The van der Waals surface area contributed by atoms with Gasteiger partial charge in [-0.25, -0.2) is 9.67 Å². The number of aryl methyl sites for hydroxylation is 1. The van der Waals surface area contributed by atoms with Crippen molar-refractivity contribution in [2.24, 2.45) is 4.99 Å². The minimum Gasteiger partial charge on any atom is -0.497 e. The van der Waals surface area contributed by atoms with Crippen LogP contribution in [0.2, 0.25) is 0 Å². The largest absolute Gasteiger partial charge is 0.497 e. The first kappa shape index (κ1) is 19.8. The molecule has 0 saturated heterocycles. The van der Waals surface area contributed by atoms with E-state index >= 15 is 0 Å². The van der Waals surface area contributed by atoms with Crippen LogP contribution in [0.4, 0.5) is 5.69 Å². The molecule has 2 aromatic heterocycles. The molecule has 1 N–H and O–H groups in total. The van der Waals surface area contributed by atoms with Gasteiger partial charge in [-0.15, -0.1) is 0 Å². The molecule has 0 fully saturated rings. The predicted octanol–water partition coefficient (Wildman–Crippen LogP) is 4.46. The van der Waals surface area contributed by atoms with Gasteiger partial charge >= 0.3 is 0 Å². The Morgan fingerprint density at radius 3 is 2.41 bits per heavy atom. The Labute approximate surface area is 186 Å². The fourth-order valence-electron chi connectivity index (χ4n) is 4.02. The molecule has 4 aromatic rings. The van der Waals surface area contributed by atoms with Crippen LogP contribution >= 0.6 is 0 Å². The number of ether oxygens (including phenoxy) is 1. The molecular formula is C26H23N4O2+. The van der Waals surface area contributed by atoms with Gasteiger partial charge in [0.1, 0.15) is 11.4 Å². The van der Waals surface area contributed by atoms with Crippen LogP contribution < -0.4 is 9.30 Å². The van der Waals surface area contributed by atoms with Gasteiger partial charge in [-0.1, -0.05) is 30.3 Å². The Morgan fingerprint density at radius 2 is 1.72 bits per heavy atom. The number of aliphatic imine (C=N–C) groups is 1. The lowest BCUT2D eigenvalue weighted by atomic mass is 9.97. The first-order valence-corrected chi connectivity index (χ1v) is 10.5. The molecule has 0 amide bonds. The predicted molar refractivity (Wildman–Crippen MR) is 124 cm³/mol. The summed E-state index contributed by atoms with van der Waals surface area (Å²) < 4.78 is 9.03. The zero-order valence-corrected chi connectivity index (χ0v) is 17.9. The van der Waals surface area contributed by atoms with E-state index in [4.69, 9.17) is 9.73 Å². The summed E-state index contributed by atoms with van der Waals surface area (Å²) >= 11 is 0. The molecule has 3 heterocycles. The van der Waals surface area contributed by atoms with E-state index < -0.39 is 0 Å². The highest BCUT2D eigenvalue weighted by Crippen LogP contribution is 2.36. The lowest BCUT2D eigenvalue weighted by Crippen LogP contribution is -2.34. The number of pyridine rings is 1. The quantitative estimate of drug-likeness (QED) is 0.482. The van der Waals surface area contributed by atoms with Crippen LogP contribution in [-0.4, -0.2) is 27.7 Å². The monoisotopic (exact) mass is 423 g/mol. The Bertz CT molecular complexity index is 1340. The van der Waals surface area contributed by atoms with Gasteiger partial charge in [0.2, 0.25) is 17.3 Å². The molecule has 5 rings (SSSR count). The number of aromatic hydroxyl groups is 1. The van der Waals surface area contributed by atoms with Gasteiger partial charge in [-0.2, -0.15) is 9.67 Å². The van der Waals surface area contributed by atoms with Crippen molar-refractivity contribution >= 4 is 22.7 Å². The molecule has 1 aliphatic rings. The highest BCUT2D eigenvalue weighted by molar-refractivity contribution is 6.37. The van der Waals surface area contributed by atoms with Crippen molar-refractivity contribution in [3.8, 4) is 11.6 Å². The summed E-state index contributed by atoms with van der Waals surface area (Å²) in [5, 5.41) is 14.8. The van der Waals surface area contributed by atoms with Crippen LogP contribution in [0.1, 0.15) is 23.7 Å². The second-order valence-electron chi connectivity index (χ2n) is 7.40. The molecule has 0 radical (unpaired) electrons. The van der Waals surface area contributed by atoms with Gasteiger partial charge in [0, 0.05) is 24.2 Å². The van der Waals surface area contributed by atoms with E-state index in [1.807, 2.05) is 61.7 Å². The summed E-state index contributed by atoms with van der Waals surface area (Å²) in [4.78, 5) is 4.91. The second kappa shape index (κ2) is 8.15. The molecule has 6 heteroatoms. The standard InChI is InChI=1S/C26H22N4O2/c1-3-30-26(31)21(17-27-30)28-24-22-11-7-8-16-29(22)25(19-12-14-20(32-2)15-13-19)23(24)18-9-5-4-6-10-18/h4-17H,3H2,1-2H3/p+1. The molecule has 2 aromatic carbocycles. The number of fused-ring (bicyclic) bond motifs is 1. The van der Waals surface area contributed by atoms with E-state index in [0.717, 1.165) is 39.6 Å². The molecule has 0 unspecified atom stereocenters. The number of aromatic nitrogens is 3. The summed E-state index contributed by atoms with van der Waals surface area (Å²) in [6, 6.07) is 24.3. The van der Waals surface area contributed by atoms with Crippen LogP contribution in [0.15, 0.2) is 90.2 Å². The maximum Gasteiger partial charge on any atom is 0.237 e. The maximum absolute atomic E-state index is 10.6. The molecule has 0 aliphatic carbocycles. The molecule has 0 bridgehead atoms. The number of allylic oxidation sites excluding steroid dienone is 1. The third-order valence-electron chi connectivity index (χ3n) is 5.57. The third kappa shape index (κ3) is 3.26. The van der Waals surface area contributed by atoms with Crippen molar-refractivity contribution < 1.29 is 14.4 Å². The molecule has 0 saturated carbocycles. The van der Waals surface area contributed by atoms with Crippen molar-refractivity contribution in [2.45, 2.75) is 13.5 Å². The molecule has 158 valence electrons. The van der Waals surface area contributed by atoms with Crippen LogP contribution in [0, 0.1) is 0 Å². The first-order valence-electron chi connectivity index (χ1n) is 10.5. The number of methoxy groups -OCH3 is 1. The number of nitrogens with zero attached hydrogens (tertiary/aromatic N) is 4. The van der Waals surface area contributed by atoms with E-state index in [-0.39, 0.29) is 5.88 Å². The summed E-state index contributed by atoms with van der Waals surface area (Å²) in [6.45, 7) is 2.50. The fourth-order valence-corrected chi connectivity index (χ4v) is 4.02. The molecule has 6 nitrogen and oxygen atoms in total. The van der Waals surface area contributed by atoms with Gasteiger partial charge in [0.05, 0.1) is 18.9 Å². The first-order chi connectivity index (χ1) is 15.7. The zero-order chi connectivity index (χ0) is 22.1. The number of hydrogen-bond donors (Lipinski definition) is 1. The second-order valence-corrected chi connectivity index (χ2v) is 7.40. The lowest BCUT2D eigenvalue weighted by Gasteiger charge is -2.05. The molecule has 0 spiro atoms. The molecular weight excluding hydrogens is 400 g/mol. The van der Waals surface area contributed by atoms with E-state index in [9.17, 15) is 5.11 Å². The van der Waals surface area contributed by atoms with E-state index in [1.54, 1.807) is 13.3 Å². The summed E-state index contributed by atoms with van der Waals surface area (Å²) in [5.74, 6) is 0.866. The minimum absolute atomic E-state index is 0.0628. The number of hydrogen-bond acceptors (Lipinski definition) is 4. The van der Waals surface area contributed by atoms with E-state index in [2.05, 4.69) is 33.9 Å². The summed E-state index contributed by atoms with van der Waals surface area (Å²) in [5.41, 5.74) is 6.28. The van der Waals surface area contributed by atoms with Crippen molar-refractivity contribution in [2.75, 3.05) is 7.11 Å². The smallest absolute Gasteiger partial charge is 0.237 e. The Balaban J connectivity index is 1.80. The van der Waals surface area contributed by atoms with Crippen molar-refractivity contribution in [1.82, 2.24) is 9.78 Å².